The molecule has 0 saturated heterocycles. The van der Waals surface area contributed by atoms with Crippen LogP contribution in [0.25, 0.3) is 0 Å². The van der Waals surface area contributed by atoms with Crippen molar-refractivity contribution >= 4 is 0 Å². The van der Waals surface area contributed by atoms with E-state index in [0.717, 1.165) is 12.8 Å². The number of nitrogens with zero attached hydrogens (tertiary/aromatic N) is 1. The van der Waals surface area contributed by atoms with E-state index in [0.29, 0.717) is 6.42 Å². The minimum atomic E-state index is -0.399. The summed E-state index contributed by atoms with van der Waals surface area (Å²) in [6.45, 7) is 4.24. The molecule has 0 aliphatic carbocycles. The van der Waals surface area contributed by atoms with Gasteiger partial charge in [-0.1, -0.05) is 71.6 Å². The van der Waals surface area contributed by atoms with Crippen LogP contribution in [0.1, 0.15) is 90.9 Å². The molecule has 2 atom stereocenters. The Morgan fingerprint density at radius 1 is 0.762 bits per heavy atom. The summed E-state index contributed by atoms with van der Waals surface area (Å²) in [6, 6.07) is -0.0518. The molecule has 0 aromatic heterocycles. The molecule has 0 amide bonds. The zero-order valence-electron chi connectivity index (χ0n) is 15.0. The van der Waals surface area contributed by atoms with Gasteiger partial charge in [0.2, 0.25) is 0 Å². The lowest BCUT2D eigenvalue weighted by Crippen LogP contribution is -2.52. The average molecular weight is 303 g/mol. The number of aliphatic hydroxyl groups is 1. The summed E-state index contributed by atoms with van der Waals surface area (Å²) < 4.78 is -0.119. The third-order valence-corrected chi connectivity index (χ3v) is 4.53. The molecule has 0 aromatic rings. The van der Waals surface area contributed by atoms with Crippen LogP contribution in [0.5, 0.6) is 0 Å². The number of hydroxylamine groups is 3. The molecule has 0 rings (SSSR count). The molecule has 0 radical (unpaired) electrons. The largest absolute Gasteiger partial charge is 0.387 e. The number of rotatable bonds is 14. The van der Waals surface area contributed by atoms with E-state index < -0.39 is 6.10 Å². The minimum Gasteiger partial charge on any atom is -0.387 e. The smallest absolute Gasteiger partial charge is 0.144 e. The summed E-state index contributed by atoms with van der Waals surface area (Å²) in [4.78, 5) is 0. The van der Waals surface area contributed by atoms with Gasteiger partial charge in [-0.15, -0.1) is 0 Å². The Labute approximate surface area is 132 Å². The third kappa shape index (κ3) is 11.1. The number of hydrogen-bond donors (Lipinski definition) is 2. The molecule has 0 fully saturated rings. The first-order valence-corrected chi connectivity index (χ1v) is 9.17. The van der Waals surface area contributed by atoms with E-state index in [1.807, 2.05) is 6.92 Å². The summed E-state index contributed by atoms with van der Waals surface area (Å²) in [6.07, 6.45) is 14.5. The molecule has 0 bridgehead atoms. The van der Waals surface area contributed by atoms with Gasteiger partial charge in [0.1, 0.15) is 12.1 Å². The highest BCUT2D eigenvalue weighted by Crippen LogP contribution is 2.19. The van der Waals surface area contributed by atoms with Crippen LogP contribution in [-0.2, 0) is 0 Å². The summed E-state index contributed by atoms with van der Waals surface area (Å²) in [7, 11) is 3.53. The Bertz CT molecular complexity index is 226. The highest BCUT2D eigenvalue weighted by Gasteiger charge is 2.32. The normalized spacial score (nSPS) is 15.1. The maximum absolute atomic E-state index is 10.1. The Kier molecular flexibility index (Phi) is 12.4. The fourth-order valence-corrected chi connectivity index (χ4v) is 3.04. The van der Waals surface area contributed by atoms with Crippen LogP contribution < -0.4 is 0 Å². The average Bonchev–Trinajstić information content (AvgIpc) is 2.42. The van der Waals surface area contributed by atoms with Gasteiger partial charge in [-0.25, -0.2) is 5.21 Å². The van der Waals surface area contributed by atoms with Crippen molar-refractivity contribution in [2.45, 2.75) is 103 Å². The second-order valence-electron chi connectivity index (χ2n) is 6.99. The predicted molar refractivity (Wildman–Crippen MR) is 90.4 cm³/mol. The van der Waals surface area contributed by atoms with E-state index in [1.54, 1.807) is 14.1 Å². The summed E-state index contributed by atoms with van der Waals surface area (Å²) in [5.41, 5.74) is 0. The van der Waals surface area contributed by atoms with Gasteiger partial charge in [0.05, 0.1) is 14.1 Å². The van der Waals surface area contributed by atoms with Gasteiger partial charge in [0, 0.05) is 6.42 Å². The van der Waals surface area contributed by atoms with Gasteiger partial charge in [-0.05, 0) is 12.8 Å². The lowest BCUT2D eigenvalue weighted by molar-refractivity contribution is -1.09. The molecule has 0 aromatic carbocycles. The fourth-order valence-electron chi connectivity index (χ4n) is 3.04. The zero-order valence-corrected chi connectivity index (χ0v) is 15.0. The van der Waals surface area contributed by atoms with E-state index in [2.05, 4.69) is 6.92 Å². The molecular weight excluding hydrogens is 262 g/mol. The van der Waals surface area contributed by atoms with E-state index in [4.69, 9.17) is 0 Å². The number of hydrogen-bond acceptors (Lipinski definition) is 2. The molecule has 0 spiro atoms. The van der Waals surface area contributed by atoms with Crippen molar-refractivity contribution in [2.24, 2.45) is 0 Å². The Morgan fingerprint density at radius 2 is 1.19 bits per heavy atom. The molecule has 0 heterocycles. The van der Waals surface area contributed by atoms with E-state index in [9.17, 15) is 10.3 Å². The molecule has 0 aliphatic heterocycles. The molecule has 0 aliphatic rings. The van der Waals surface area contributed by atoms with Crippen LogP contribution in [0.4, 0.5) is 0 Å². The molecule has 21 heavy (non-hydrogen) atoms. The van der Waals surface area contributed by atoms with Crippen LogP contribution in [0.15, 0.2) is 0 Å². The minimum absolute atomic E-state index is 0.0518. The monoisotopic (exact) mass is 302 g/mol. The van der Waals surface area contributed by atoms with E-state index in [1.165, 1.54) is 57.8 Å². The first kappa shape index (κ1) is 20.9. The van der Waals surface area contributed by atoms with Crippen LogP contribution >= 0.6 is 0 Å². The van der Waals surface area contributed by atoms with Crippen molar-refractivity contribution in [1.82, 2.24) is 0 Å². The summed E-state index contributed by atoms with van der Waals surface area (Å²) in [5.74, 6) is 0. The van der Waals surface area contributed by atoms with Crippen molar-refractivity contribution in [3.05, 3.63) is 0 Å². The maximum Gasteiger partial charge on any atom is 0.144 e. The van der Waals surface area contributed by atoms with Gasteiger partial charge in [0.15, 0.2) is 0 Å². The molecule has 0 saturated carbocycles. The first-order chi connectivity index (χ1) is 9.93. The molecular formula is C18H40NO2+. The van der Waals surface area contributed by atoms with Gasteiger partial charge < -0.3 is 5.11 Å². The number of unbranched alkanes of at least 4 members (excludes halogenated alkanes) is 9. The summed E-state index contributed by atoms with van der Waals surface area (Å²) in [5, 5.41) is 20.1. The number of likely N-dealkylation sites (N-methyl/N-ethyl adjacent to an activating group) is 1. The van der Waals surface area contributed by atoms with E-state index in [-0.39, 0.29) is 10.7 Å². The van der Waals surface area contributed by atoms with Gasteiger partial charge in [-0.3, -0.25) is 0 Å². The quantitative estimate of drug-likeness (QED) is 0.272. The van der Waals surface area contributed by atoms with Crippen molar-refractivity contribution < 1.29 is 15.0 Å². The van der Waals surface area contributed by atoms with Crippen molar-refractivity contribution in [3.8, 4) is 0 Å². The maximum atomic E-state index is 10.1. The Morgan fingerprint density at radius 3 is 1.57 bits per heavy atom. The van der Waals surface area contributed by atoms with Crippen molar-refractivity contribution in [3.63, 3.8) is 0 Å². The Hall–Kier alpha value is -0.120. The second kappa shape index (κ2) is 12.4. The molecule has 2 N–H and O–H groups in total. The van der Waals surface area contributed by atoms with Crippen LogP contribution in [0, 0.1) is 0 Å². The predicted octanol–water partition coefficient (Wildman–Crippen LogP) is 4.90. The fraction of sp³-hybridized carbons (Fsp3) is 1.00. The van der Waals surface area contributed by atoms with Crippen LogP contribution in [-0.4, -0.2) is 41.2 Å². The van der Waals surface area contributed by atoms with Crippen LogP contribution in [0.2, 0.25) is 0 Å². The number of quaternary nitrogens is 1. The molecule has 3 heteroatoms. The van der Waals surface area contributed by atoms with Crippen molar-refractivity contribution in [1.29, 1.82) is 0 Å². The van der Waals surface area contributed by atoms with Crippen molar-refractivity contribution in [2.75, 3.05) is 14.1 Å². The SMILES string of the molecule is CCCCCCCCCCCCC(C(O)CC)[N+](C)(C)O. The lowest BCUT2D eigenvalue weighted by Gasteiger charge is -2.33. The summed E-state index contributed by atoms with van der Waals surface area (Å²) >= 11 is 0. The number of aliphatic hydroxyl groups excluding tert-OH is 1. The van der Waals surface area contributed by atoms with Gasteiger partial charge in [0.25, 0.3) is 0 Å². The topological polar surface area (TPSA) is 40.5 Å². The first-order valence-electron chi connectivity index (χ1n) is 9.17. The second-order valence-corrected chi connectivity index (χ2v) is 6.99. The third-order valence-electron chi connectivity index (χ3n) is 4.53. The zero-order chi connectivity index (χ0) is 16.1. The van der Waals surface area contributed by atoms with Gasteiger partial charge >= 0.3 is 0 Å². The molecule has 2 unspecified atom stereocenters. The molecule has 128 valence electrons. The highest BCUT2D eigenvalue weighted by atomic mass is 16.5. The lowest BCUT2D eigenvalue weighted by atomic mass is 9.99. The van der Waals surface area contributed by atoms with Gasteiger partial charge in [-0.2, -0.15) is 4.65 Å². The highest BCUT2D eigenvalue weighted by molar-refractivity contribution is 4.67. The standard InChI is InChI=1S/C18H40NO2/c1-5-7-8-9-10-11-12-13-14-15-16-17(18(20)6-2)19(3,4)21/h17-18,20-21H,5-16H2,1-4H3/q+1. The molecule has 3 nitrogen and oxygen atoms in total. The van der Waals surface area contributed by atoms with E-state index >= 15 is 0 Å². The van der Waals surface area contributed by atoms with Crippen LogP contribution in [0.3, 0.4) is 0 Å². The Balaban J connectivity index is 3.59.